The highest BCUT2D eigenvalue weighted by Crippen LogP contribution is 2.22. The maximum absolute atomic E-state index is 11.8. The van der Waals surface area contributed by atoms with E-state index in [0.717, 1.165) is 5.56 Å². The Morgan fingerprint density at radius 2 is 2.00 bits per heavy atom. The van der Waals surface area contributed by atoms with E-state index in [1.807, 2.05) is 6.92 Å². The molecule has 0 aliphatic carbocycles. The van der Waals surface area contributed by atoms with Gasteiger partial charge in [0.2, 0.25) is 0 Å². The van der Waals surface area contributed by atoms with Gasteiger partial charge in [-0.1, -0.05) is 0 Å². The van der Waals surface area contributed by atoms with Gasteiger partial charge in [-0.3, -0.25) is 4.68 Å². The number of amides is 1. The zero-order valence-corrected chi connectivity index (χ0v) is 12.3. The summed E-state index contributed by atoms with van der Waals surface area (Å²) < 4.78 is 6.74. The molecule has 1 atom stereocenters. The molecule has 0 bridgehead atoms. The summed E-state index contributed by atoms with van der Waals surface area (Å²) in [5.74, 6) is 0. The number of ether oxygens (including phenoxy) is 1. The van der Waals surface area contributed by atoms with Gasteiger partial charge in [-0.25, -0.2) is 4.79 Å². The predicted octanol–water partition coefficient (Wildman–Crippen LogP) is 1.67. The molecule has 1 amide bonds. The molecule has 0 aliphatic heterocycles. The normalized spacial score (nSPS) is 14.6. The molecule has 0 aliphatic rings. The molecule has 6 nitrogen and oxygen atoms in total. The van der Waals surface area contributed by atoms with Crippen LogP contribution in [-0.2, 0) is 22.1 Å². The summed E-state index contributed by atoms with van der Waals surface area (Å²) in [7, 11) is 1.72. The lowest BCUT2D eigenvalue weighted by Gasteiger charge is -2.28. The lowest BCUT2D eigenvalue weighted by atomic mass is 9.97. The summed E-state index contributed by atoms with van der Waals surface area (Å²) in [4.78, 5) is 23.2. The molecule has 0 saturated carbocycles. The van der Waals surface area contributed by atoms with Crippen molar-refractivity contribution >= 4 is 12.4 Å². The first kappa shape index (κ1) is 15.2. The van der Waals surface area contributed by atoms with E-state index in [9.17, 15) is 9.59 Å². The van der Waals surface area contributed by atoms with Crippen molar-refractivity contribution in [3.63, 3.8) is 0 Å². The lowest BCUT2D eigenvalue weighted by molar-refractivity contribution is -0.113. The fourth-order valence-corrected chi connectivity index (χ4v) is 1.95. The number of aldehydes is 1. The number of aryl methyl sites for hydroxylation is 2. The molecule has 0 spiro atoms. The second kappa shape index (κ2) is 5.03. The van der Waals surface area contributed by atoms with Crippen molar-refractivity contribution < 1.29 is 14.3 Å². The molecule has 1 heterocycles. The van der Waals surface area contributed by atoms with Gasteiger partial charge in [0.15, 0.2) is 6.29 Å². The van der Waals surface area contributed by atoms with Crippen LogP contribution in [0, 0.1) is 6.92 Å². The highest BCUT2D eigenvalue weighted by atomic mass is 16.6. The second-order valence-corrected chi connectivity index (χ2v) is 5.75. The average molecular weight is 267 g/mol. The highest BCUT2D eigenvalue weighted by Gasteiger charge is 2.34. The van der Waals surface area contributed by atoms with Gasteiger partial charge in [0.1, 0.15) is 11.1 Å². The van der Waals surface area contributed by atoms with Crippen LogP contribution in [0.15, 0.2) is 6.20 Å². The molecule has 1 aromatic rings. The Balaban J connectivity index is 3.00. The third-order valence-electron chi connectivity index (χ3n) is 2.61. The van der Waals surface area contributed by atoms with Crippen LogP contribution in [-0.4, -0.2) is 27.8 Å². The molecule has 0 fully saturated rings. The van der Waals surface area contributed by atoms with Crippen molar-refractivity contribution in [1.82, 2.24) is 15.1 Å². The molecule has 1 N–H and O–H groups in total. The number of nitrogens with one attached hydrogen (secondary N) is 1. The van der Waals surface area contributed by atoms with Gasteiger partial charge in [-0.05, 0) is 40.2 Å². The van der Waals surface area contributed by atoms with E-state index in [-0.39, 0.29) is 0 Å². The quantitative estimate of drug-likeness (QED) is 0.845. The molecule has 0 saturated heterocycles. The summed E-state index contributed by atoms with van der Waals surface area (Å²) >= 11 is 0. The number of aromatic nitrogens is 2. The minimum absolute atomic E-state index is 0.616. The smallest absolute Gasteiger partial charge is 0.408 e. The summed E-state index contributed by atoms with van der Waals surface area (Å²) in [6, 6.07) is 0. The van der Waals surface area contributed by atoms with Crippen LogP contribution >= 0.6 is 0 Å². The van der Waals surface area contributed by atoms with Gasteiger partial charge < -0.3 is 14.8 Å². The predicted molar refractivity (Wildman–Crippen MR) is 70.7 cm³/mol. The van der Waals surface area contributed by atoms with Gasteiger partial charge in [0.25, 0.3) is 0 Å². The number of carbonyl (C=O) groups excluding carboxylic acids is 2. The van der Waals surface area contributed by atoms with Crippen molar-refractivity contribution in [3.8, 4) is 0 Å². The van der Waals surface area contributed by atoms with E-state index in [2.05, 4.69) is 10.4 Å². The van der Waals surface area contributed by atoms with Crippen LogP contribution in [0.4, 0.5) is 4.79 Å². The van der Waals surface area contributed by atoms with Gasteiger partial charge in [0, 0.05) is 7.05 Å². The highest BCUT2D eigenvalue weighted by molar-refractivity contribution is 5.77. The van der Waals surface area contributed by atoms with E-state index in [1.165, 1.54) is 0 Å². The van der Waals surface area contributed by atoms with Crippen molar-refractivity contribution in [2.75, 3.05) is 0 Å². The molecule has 19 heavy (non-hydrogen) atoms. The van der Waals surface area contributed by atoms with Crippen molar-refractivity contribution in [3.05, 3.63) is 17.5 Å². The summed E-state index contributed by atoms with van der Waals surface area (Å²) in [5.41, 5.74) is -0.325. The third-order valence-corrected chi connectivity index (χ3v) is 2.61. The van der Waals surface area contributed by atoms with Gasteiger partial charge in [-0.2, -0.15) is 5.10 Å². The monoisotopic (exact) mass is 267 g/mol. The minimum Gasteiger partial charge on any atom is -0.444 e. The number of nitrogens with zero attached hydrogens (tertiary/aromatic N) is 2. The number of carbonyl (C=O) groups is 2. The number of hydrogen-bond acceptors (Lipinski definition) is 4. The number of alkyl carbamates (subject to hydrolysis) is 1. The lowest BCUT2D eigenvalue weighted by Crippen LogP contribution is -2.48. The zero-order chi connectivity index (χ0) is 14.8. The fraction of sp³-hybridized carbons (Fsp3) is 0.615. The summed E-state index contributed by atoms with van der Waals surface area (Å²) in [6.07, 6.45) is 1.69. The van der Waals surface area contributed by atoms with Crippen molar-refractivity contribution in [2.45, 2.75) is 45.8 Å². The van der Waals surface area contributed by atoms with Gasteiger partial charge in [0.05, 0.1) is 11.9 Å². The molecule has 106 valence electrons. The molecular formula is C13H21N3O3. The molecule has 1 unspecified atom stereocenters. The van der Waals surface area contributed by atoms with Crippen LogP contribution in [0.2, 0.25) is 0 Å². The standard InChI is InChI=1S/C13H21N3O3/c1-9-7-14-16(6)10(9)13(5,8-17)15-11(18)19-12(2,3)4/h7-8H,1-6H3,(H,15,18). The van der Waals surface area contributed by atoms with E-state index >= 15 is 0 Å². The largest absolute Gasteiger partial charge is 0.444 e. The minimum atomic E-state index is -1.17. The maximum atomic E-state index is 11.8. The Hall–Kier alpha value is -1.85. The molecular weight excluding hydrogens is 246 g/mol. The Kier molecular flexibility index (Phi) is 4.03. The Labute approximate surface area is 113 Å². The number of rotatable bonds is 3. The van der Waals surface area contributed by atoms with Gasteiger partial charge >= 0.3 is 6.09 Å². The first-order valence-electron chi connectivity index (χ1n) is 6.05. The molecule has 0 aromatic carbocycles. The Morgan fingerprint density at radius 1 is 1.42 bits per heavy atom. The molecule has 1 aromatic heterocycles. The van der Waals surface area contributed by atoms with Crippen LogP contribution in [0.1, 0.15) is 39.0 Å². The average Bonchev–Trinajstić information content (AvgIpc) is 2.55. The van der Waals surface area contributed by atoms with Crippen LogP contribution in [0.5, 0.6) is 0 Å². The van der Waals surface area contributed by atoms with E-state index in [1.54, 1.807) is 45.6 Å². The van der Waals surface area contributed by atoms with Crippen molar-refractivity contribution in [1.29, 1.82) is 0 Å². The zero-order valence-electron chi connectivity index (χ0n) is 12.3. The molecule has 6 heteroatoms. The van der Waals surface area contributed by atoms with E-state index < -0.39 is 17.2 Å². The van der Waals surface area contributed by atoms with Crippen LogP contribution in [0.25, 0.3) is 0 Å². The Morgan fingerprint density at radius 3 is 2.37 bits per heavy atom. The maximum Gasteiger partial charge on any atom is 0.408 e. The topological polar surface area (TPSA) is 73.2 Å². The van der Waals surface area contributed by atoms with Crippen molar-refractivity contribution in [2.24, 2.45) is 7.05 Å². The first-order valence-corrected chi connectivity index (χ1v) is 6.05. The fourth-order valence-electron chi connectivity index (χ4n) is 1.95. The van der Waals surface area contributed by atoms with E-state index in [4.69, 9.17) is 4.74 Å². The first-order chi connectivity index (χ1) is 8.59. The molecule has 0 radical (unpaired) electrons. The third kappa shape index (κ3) is 3.56. The second-order valence-electron chi connectivity index (χ2n) is 5.75. The Bertz CT molecular complexity index is 468. The summed E-state index contributed by atoms with van der Waals surface area (Å²) in [6.45, 7) is 8.75. The van der Waals surface area contributed by atoms with Gasteiger partial charge in [-0.15, -0.1) is 0 Å². The molecule has 1 rings (SSSR count). The summed E-state index contributed by atoms with van der Waals surface area (Å²) in [5, 5.41) is 6.67. The number of hydrogen-bond donors (Lipinski definition) is 1. The SMILES string of the molecule is Cc1cnn(C)c1C(C)(C=O)NC(=O)OC(C)(C)C. The van der Waals surface area contributed by atoms with Crippen LogP contribution in [0.3, 0.4) is 0 Å². The van der Waals surface area contributed by atoms with Crippen LogP contribution < -0.4 is 5.32 Å². The van der Waals surface area contributed by atoms with E-state index in [0.29, 0.717) is 12.0 Å².